The van der Waals surface area contributed by atoms with E-state index in [1.165, 1.54) is 36.0 Å². The molecular weight excluding hydrogens is 234 g/mol. The Bertz CT molecular complexity index is 538. The maximum absolute atomic E-state index is 3.60. The Balaban J connectivity index is 1.56. The average Bonchev–Trinajstić information content (AvgIpc) is 3.04. The lowest BCUT2D eigenvalue weighted by molar-refractivity contribution is 0.515. The third kappa shape index (κ3) is 2.82. The van der Waals surface area contributed by atoms with Crippen molar-refractivity contribution in [2.45, 2.75) is 12.8 Å². The number of para-hydroxylation sites is 1. The van der Waals surface area contributed by atoms with Gasteiger partial charge in [0.1, 0.15) is 0 Å². The Morgan fingerprint density at radius 1 is 1.37 bits per heavy atom. The van der Waals surface area contributed by atoms with Crippen molar-refractivity contribution in [2.75, 3.05) is 26.2 Å². The largest absolute Gasteiger partial charge is 0.350 e. The minimum atomic E-state index is 0.826. The smallest absolute Gasteiger partial charge is 0.0480 e. The monoisotopic (exact) mass is 257 g/mol. The van der Waals surface area contributed by atoms with E-state index in [0.29, 0.717) is 0 Å². The predicted molar refractivity (Wildman–Crippen MR) is 80.5 cm³/mol. The Morgan fingerprint density at radius 2 is 2.26 bits per heavy atom. The fourth-order valence-electron chi connectivity index (χ4n) is 3.04. The van der Waals surface area contributed by atoms with Crippen molar-refractivity contribution < 1.29 is 0 Å². The number of fused-ring (bicyclic) bond motifs is 1. The van der Waals surface area contributed by atoms with Gasteiger partial charge in [0.15, 0.2) is 0 Å². The van der Waals surface area contributed by atoms with Gasteiger partial charge in [-0.15, -0.1) is 0 Å². The van der Waals surface area contributed by atoms with E-state index < -0.39 is 0 Å². The van der Waals surface area contributed by atoms with E-state index >= 15 is 0 Å². The number of nitrogens with zero attached hydrogens (tertiary/aromatic N) is 1. The van der Waals surface area contributed by atoms with Crippen LogP contribution in [0.5, 0.6) is 0 Å². The molecule has 1 atom stereocenters. The molecule has 0 radical (unpaired) electrons. The second-order valence-corrected chi connectivity index (χ2v) is 5.60. The molecular formula is C16H23N3. The zero-order chi connectivity index (χ0) is 13.1. The van der Waals surface area contributed by atoms with Crippen LogP contribution in [0.1, 0.15) is 12.0 Å². The van der Waals surface area contributed by atoms with E-state index in [-0.39, 0.29) is 0 Å². The number of nitrogens with one attached hydrogen (secondary N) is 2. The van der Waals surface area contributed by atoms with Gasteiger partial charge in [-0.3, -0.25) is 0 Å². The molecule has 102 valence electrons. The first-order valence-corrected chi connectivity index (χ1v) is 7.29. The molecule has 1 aliphatic heterocycles. The predicted octanol–water partition coefficient (Wildman–Crippen LogP) is 1.92. The molecule has 0 aliphatic carbocycles. The summed E-state index contributed by atoms with van der Waals surface area (Å²) in [5.41, 5.74) is 2.78. The first kappa shape index (κ1) is 12.7. The number of hydrogen-bond acceptors (Lipinski definition) is 2. The van der Waals surface area contributed by atoms with Crippen molar-refractivity contribution in [1.82, 2.24) is 15.2 Å². The van der Waals surface area contributed by atoms with Crippen LogP contribution in [0.3, 0.4) is 0 Å². The van der Waals surface area contributed by atoms with Gasteiger partial charge >= 0.3 is 0 Å². The zero-order valence-corrected chi connectivity index (χ0v) is 11.7. The van der Waals surface area contributed by atoms with Crippen LogP contribution in [0.25, 0.3) is 10.9 Å². The van der Waals surface area contributed by atoms with Gasteiger partial charge in [-0.05, 0) is 56.6 Å². The highest BCUT2D eigenvalue weighted by Gasteiger charge is 2.13. The summed E-state index contributed by atoms with van der Waals surface area (Å²) in [6, 6.07) is 8.66. The molecule has 1 aromatic heterocycles. The third-order valence-electron chi connectivity index (χ3n) is 4.15. The van der Waals surface area contributed by atoms with Gasteiger partial charge in [-0.2, -0.15) is 0 Å². The lowest BCUT2D eigenvalue weighted by Gasteiger charge is -2.09. The third-order valence-corrected chi connectivity index (χ3v) is 4.15. The molecule has 3 heteroatoms. The van der Waals surface area contributed by atoms with E-state index in [4.69, 9.17) is 0 Å². The summed E-state index contributed by atoms with van der Waals surface area (Å²) in [4.78, 5) is 0. The Labute approximate surface area is 115 Å². The van der Waals surface area contributed by atoms with E-state index in [1.807, 2.05) is 0 Å². The van der Waals surface area contributed by atoms with Crippen molar-refractivity contribution in [2.24, 2.45) is 13.0 Å². The van der Waals surface area contributed by atoms with Crippen molar-refractivity contribution >= 4 is 10.9 Å². The maximum Gasteiger partial charge on any atom is 0.0480 e. The van der Waals surface area contributed by atoms with Gasteiger partial charge in [-0.25, -0.2) is 0 Å². The zero-order valence-electron chi connectivity index (χ0n) is 11.7. The first-order valence-electron chi connectivity index (χ1n) is 7.29. The van der Waals surface area contributed by atoms with Crippen molar-refractivity contribution in [1.29, 1.82) is 0 Å². The average molecular weight is 257 g/mol. The molecule has 19 heavy (non-hydrogen) atoms. The lowest BCUT2D eigenvalue weighted by Crippen LogP contribution is -2.26. The molecule has 0 saturated carbocycles. The second kappa shape index (κ2) is 5.76. The maximum atomic E-state index is 3.60. The first-order chi connectivity index (χ1) is 9.34. The summed E-state index contributed by atoms with van der Waals surface area (Å²) in [7, 11) is 2.13. The molecule has 0 amide bonds. The molecule has 1 saturated heterocycles. The number of benzene rings is 1. The number of hydrogen-bond donors (Lipinski definition) is 2. The van der Waals surface area contributed by atoms with Gasteiger partial charge in [0.05, 0.1) is 0 Å². The summed E-state index contributed by atoms with van der Waals surface area (Å²) < 4.78 is 2.23. The van der Waals surface area contributed by atoms with Crippen molar-refractivity contribution in [3.63, 3.8) is 0 Å². The van der Waals surface area contributed by atoms with Crippen LogP contribution < -0.4 is 10.6 Å². The lowest BCUT2D eigenvalue weighted by atomic mass is 10.1. The van der Waals surface area contributed by atoms with Gasteiger partial charge in [0.2, 0.25) is 0 Å². The standard InChI is InChI=1S/C16H23N3/c1-19-12-14(15-4-2-3-5-16(15)19)7-9-18-11-13-6-8-17-10-13/h2-5,12-13,17-18H,6-11H2,1H3. The molecule has 1 aliphatic rings. The number of aryl methyl sites for hydroxylation is 1. The molecule has 1 unspecified atom stereocenters. The summed E-state index contributed by atoms with van der Waals surface area (Å²) in [6.07, 6.45) is 4.70. The fourth-order valence-corrected chi connectivity index (χ4v) is 3.04. The summed E-state index contributed by atoms with van der Waals surface area (Å²) in [5, 5.41) is 8.41. The molecule has 2 heterocycles. The normalized spacial score (nSPS) is 19.3. The number of aromatic nitrogens is 1. The van der Waals surface area contributed by atoms with Crippen LogP contribution >= 0.6 is 0 Å². The van der Waals surface area contributed by atoms with Crippen molar-refractivity contribution in [3.05, 3.63) is 36.0 Å². The van der Waals surface area contributed by atoms with Crippen molar-refractivity contribution in [3.8, 4) is 0 Å². The van der Waals surface area contributed by atoms with Crippen LogP contribution in [0.4, 0.5) is 0 Å². The van der Waals surface area contributed by atoms with E-state index in [0.717, 1.165) is 25.4 Å². The van der Waals surface area contributed by atoms with E-state index in [9.17, 15) is 0 Å². The second-order valence-electron chi connectivity index (χ2n) is 5.60. The highest BCUT2D eigenvalue weighted by Crippen LogP contribution is 2.20. The SMILES string of the molecule is Cn1cc(CCNCC2CCNC2)c2ccccc21. The molecule has 3 nitrogen and oxygen atoms in total. The van der Waals surface area contributed by atoms with Crippen LogP contribution in [-0.2, 0) is 13.5 Å². The Kier molecular flexibility index (Phi) is 3.85. The number of rotatable bonds is 5. The topological polar surface area (TPSA) is 29.0 Å². The molecule has 1 fully saturated rings. The Morgan fingerprint density at radius 3 is 3.11 bits per heavy atom. The van der Waals surface area contributed by atoms with E-state index in [1.54, 1.807) is 0 Å². The van der Waals surface area contributed by atoms with Crippen LogP contribution in [0.15, 0.2) is 30.5 Å². The van der Waals surface area contributed by atoms with Gasteiger partial charge in [0.25, 0.3) is 0 Å². The minimum absolute atomic E-state index is 0.826. The molecule has 0 bridgehead atoms. The molecule has 0 spiro atoms. The molecule has 3 rings (SSSR count). The highest BCUT2D eigenvalue weighted by molar-refractivity contribution is 5.83. The van der Waals surface area contributed by atoms with Crippen LogP contribution in [0.2, 0.25) is 0 Å². The summed E-state index contributed by atoms with van der Waals surface area (Å²) in [6.45, 7) is 4.60. The summed E-state index contributed by atoms with van der Waals surface area (Å²) >= 11 is 0. The highest BCUT2D eigenvalue weighted by atomic mass is 14.9. The van der Waals surface area contributed by atoms with Gasteiger partial charge in [0, 0.05) is 24.1 Å². The molecule has 1 aromatic carbocycles. The minimum Gasteiger partial charge on any atom is -0.350 e. The quantitative estimate of drug-likeness (QED) is 0.801. The van der Waals surface area contributed by atoms with Crippen LogP contribution in [-0.4, -0.2) is 30.7 Å². The fraction of sp³-hybridized carbons (Fsp3) is 0.500. The molecule has 2 aromatic rings. The van der Waals surface area contributed by atoms with E-state index in [2.05, 4.69) is 52.7 Å². The molecule has 2 N–H and O–H groups in total. The Hall–Kier alpha value is -1.32. The van der Waals surface area contributed by atoms with Crippen LogP contribution in [0, 0.1) is 5.92 Å². The van der Waals surface area contributed by atoms with Gasteiger partial charge in [-0.1, -0.05) is 18.2 Å². The van der Waals surface area contributed by atoms with Gasteiger partial charge < -0.3 is 15.2 Å². The summed E-state index contributed by atoms with van der Waals surface area (Å²) in [5.74, 6) is 0.826.